The van der Waals surface area contributed by atoms with Crippen LogP contribution in [0.3, 0.4) is 0 Å². The third-order valence-electron chi connectivity index (χ3n) is 2.21. The van der Waals surface area contributed by atoms with E-state index in [1.807, 2.05) is 13.8 Å². The predicted molar refractivity (Wildman–Crippen MR) is 67.4 cm³/mol. The van der Waals surface area contributed by atoms with Crippen molar-refractivity contribution in [3.8, 4) is 0 Å². The molecule has 0 saturated heterocycles. The zero-order valence-electron chi connectivity index (χ0n) is 10.2. The molecule has 0 heterocycles. The van der Waals surface area contributed by atoms with Gasteiger partial charge in [0.05, 0.1) is 6.42 Å². The fourth-order valence-corrected chi connectivity index (χ4v) is 1.49. The highest BCUT2D eigenvalue weighted by Gasteiger charge is 2.05. The number of amides is 2. The fraction of sp³-hybridized carbons (Fsp3) is 0.385. The topological polar surface area (TPSA) is 72.2 Å². The molecule has 92 valence electrons. The molecule has 1 rings (SSSR count). The number of rotatable bonds is 5. The van der Waals surface area contributed by atoms with Gasteiger partial charge in [0.2, 0.25) is 11.8 Å². The Labute approximate surface area is 101 Å². The molecular formula is C13H18N2O2. The number of anilines is 1. The number of primary amides is 1. The minimum absolute atomic E-state index is 0.00245. The number of nitrogens with two attached hydrogens (primary N) is 1. The van der Waals surface area contributed by atoms with Crippen LogP contribution in [0, 0.1) is 5.92 Å². The van der Waals surface area contributed by atoms with Crippen molar-refractivity contribution in [1.29, 1.82) is 0 Å². The molecule has 0 bridgehead atoms. The van der Waals surface area contributed by atoms with Gasteiger partial charge in [-0.1, -0.05) is 26.0 Å². The summed E-state index contributed by atoms with van der Waals surface area (Å²) in [6.45, 7) is 3.99. The molecule has 0 aliphatic rings. The molecule has 0 aromatic heterocycles. The summed E-state index contributed by atoms with van der Waals surface area (Å²) >= 11 is 0. The lowest BCUT2D eigenvalue weighted by Crippen LogP contribution is -2.15. The Morgan fingerprint density at radius 1 is 1.24 bits per heavy atom. The lowest BCUT2D eigenvalue weighted by atomic mass is 10.1. The molecule has 0 aliphatic carbocycles. The van der Waals surface area contributed by atoms with Crippen molar-refractivity contribution in [2.45, 2.75) is 26.7 Å². The molecule has 0 spiro atoms. The molecule has 4 heteroatoms. The summed E-state index contributed by atoms with van der Waals surface area (Å²) in [5.41, 5.74) is 6.68. The minimum atomic E-state index is -0.360. The van der Waals surface area contributed by atoms with Crippen molar-refractivity contribution in [3.05, 3.63) is 29.8 Å². The molecule has 0 radical (unpaired) electrons. The van der Waals surface area contributed by atoms with Crippen LogP contribution in [0.25, 0.3) is 0 Å². The van der Waals surface area contributed by atoms with Gasteiger partial charge in [0.15, 0.2) is 0 Å². The SMILES string of the molecule is CC(C)CC(=O)Nc1ccc(CC(N)=O)cc1. The molecule has 0 fully saturated rings. The van der Waals surface area contributed by atoms with Crippen molar-refractivity contribution in [3.63, 3.8) is 0 Å². The second-order valence-corrected chi connectivity index (χ2v) is 4.49. The number of nitrogens with one attached hydrogen (secondary N) is 1. The van der Waals surface area contributed by atoms with Crippen molar-refractivity contribution in [2.24, 2.45) is 11.7 Å². The van der Waals surface area contributed by atoms with Gasteiger partial charge in [-0.2, -0.15) is 0 Å². The highest BCUT2D eigenvalue weighted by atomic mass is 16.1. The standard InChI is InChI=1S/C13H18N2O2/c1-9(2)7-13(17)15-11-5-3-10(4-6-11)8-12(14)16/h3-6,9H,7-8H2,1-2H3,(H2,14,16)(H,15,17). The van der Waals surface area contributed by atoms with Crippen LogP contribution in [0.4, 0.5) is 5.69 Å². The first-order valence-electron chi connectivity index (χ1n) is 5.64. The van der Waals surface area contributed by atoms with Crippen molar-refractivity contribution in [2.75, 3.05) is 5.32 Å². The van der Waals surface area contributed by atoms with Crippen LogP contribution in [0.2, 0.25) is 0 Å². The molecule has 0 atom stereocenters. The van der Waals surface area contributed by atoms with Gasteiger partial charge in [0.1, 0.15) is 0 Å². The number of carbonyl (C=O) groups excluding carboxylic acids is 2. The van der Waals surface area contributed by atoms with Gasteiger partial charge in [-0.25, -0.2) is 0 Å². The van der Waals surface area contributed by atoms with Gasteiger partial charge in [0, 0.05) is 12.1 Å². The first-order chi connectivity index (χ1) is 7.97. The van der Waals surface area contributed by atoms with E-state index in [-0.39, 0.29) is 18.2 Å². The Morgan fingerprint density at radius 3 is 2.29 bits per heavy atom. The monoisotopic (exact) mass is 234 g/mol. The first kappa shape index (κ1) is 13.2. The summed E-state index contributed by atoms with van der Waals surface area (Å²) in [4.78, 5) is 22.2. The summed E-state index contributed by atoms with van der Waals surface area (Å²) in [5.74, 6) is -0.0200. The van der Waals surface area contributed by atoms with Gasteiger partial charge >= 0.3 is 0 Å². The molecule has 3 N–H and O–H groups in total. The number of carbonyl (C=O) groups is 2. The van der Waals surface area contributed by atoms with Crippen LogP contribution in [-0.2, 0) is 16.0 Å². The number of hydrogen-bond donors (Lipinski definition) is 2. The number of benzene rings is 1. The largest absolute Gasteiger partial charge is 0.369 e. The predicted octanol–water partition coefficient (Wildman–Crippen LogP) is 1.70. The first-order valence-corrected chi connectivity index (χ1v) is 5.64. The molecule has 2 amide bonds. The van der Waals surface area contributed by atoms with E-state index in [1.54, 1.807) is 24.3 Å². The third-order valence-corrected chi connectivity index (χ3v) is 2.21. The van der Waals surface area contributed by atoms with Gasteiger partial charge in [-0.3, -0.25) is 9.59 Å². The van der Waals surface area contributed by atoms with E-state index in [4.69, 9.17) is 5.73 Å². The van der Waals surface area contributed by atoms with Crippen LogP contribution >= 0.6 is 0 Å². The quantitative estimate of drug-likeness (QED) is 0.813. The molecule has 0 unspecified atom stereocenters. The Balaban J connectivity index is 2.56. The summed E-state index contributed by atoms with van der Waals surface area (Å²) in [5, 5.41) is 2.80. The molecule has 0 saturated carbocycles. The lowest BCUT2D eigenvalue weighted by Gasteiger charge is -2.07. The lowest BCUT2D eigenvalue weighted by molar-refractivity contribution is -0.118. The van der Waals surface area contributed by atoms with E-state index in [0.717, 1.165) is 11.3 Å². The molecular weight excluding hydrogens is 216 g/mol. The molecule has 0 aliphatic heterocycles. The van der Waals surface area contributed by atoms with Gasteiger partial charge in [0.25, 0.3) is 0 Å². The molecule has 1 aromatic carbocycles. The normalized spacial score (nSPS) is 10.3. The number of hydrogen-bond acceptors (Lipinski definition) is 2. The smallest absolute Gasteiger partial charge is 0.224 e. The van der Waals surface area contributed by atoms with Crippen LogP contribution in [0.1, 0.15) is 25.8 Å². The van der Waals surface area contributed by atoms with E-state index in [9.17, 15) is 9.59 Å². The van der Waals surface area contributed by atoms with E-state index < -0.39 is 0 Å². The molecule has 4 nitrogen and oxygen atoms in total. The summed E-state index contributed by atoms with van der Waals surface area (Å²) < 4.78 is 0. The van der Waals surface area contributed by atoms with E-state index in [2.05, 4.69) is 5.32 Å². The summed E-state index contributed by atoms with van der Waals surface area (Å²) in [6, 6.07) is 7.12. The van der Waals surface area contributed by atoms with Crippen molar-refractivity contribution >= 4 is 17.5 Å². The zero-order chi connectivity index (χ0) is 12.8. The highest BCUT2D eigenvalue weighted by molar-refractivity contribution is 5.90. The van der Waals surface area contributed by atoms with Crippen LogP contribution in [-0.4, -0.2) is 11.8 Å². The Kier molecular flexibility index (Phi) is 4.69. The second kappa shape index (κ2) is 6.03. The zero-order valence-corrected chi connectivity index (χ0v) is 10.2. The average molecular weight is 234 g/mol. The maximum absolute atomic E-state index is 11.5. The van der Waals surface area contributed by atoms with E-state index in [1.165, 1.54) is 0 Å². The third kappa shape index (κ3) is 5.15. The van der Waals surface area contributed by atoms with Crippen LogP contribution in [0.15, 0.2) is 24.3 Å². The van der Waals surface area contributed by atoms with Crippen molar-refractivity contribution in [1.82, 2.24) is 0 Å². The Bertz CT molecular complexity index is 396. The molecule has 1 aromatic rings. The molecule has 17 heavy (non-hydrogen) atoms. The van der Waals surface area contributed by atoms with E-state index in [0.29, 0.717) is 12.3 Å². The van der Waals surface area contributed by atoms with Crippen molar-refractivity contribution < 1.29 is 9.59 Å². The van der Waals surface area contributed by atoms with E-state index >= 15 is 0 Å². The summed E-state index contributed by atoms with van der Waals surface area (Å²) in [6.07, 6.45) is 0.725. The van der Waals surface area contributed by atoms with Crippen LogP contribution in [0.5, 0.6) is 0 Å². The maximum Gasteiger partial charge on any atom is 0.224 e. The van der Waals surface area contributed by atoms with Gasteiger partial charge in [-0.15, -0.1) is 0 Å². The average Bonchev–Trinajstić information content (AvgIpc) is 2.18. The van der Waals surface area contributed by atoms with Gasteiger partial charge < -0.3 is 11.1 Å². The second-order valence-electron chi connectivity index (χ2n) is 4.49. The Morgan fingerprint density at radius 2 is 1.82 bits per heavy atom. The highest BCUT2D eigenvalue weighted by Crippen LogP contribution is 2.11. The minimum Gasteiger partial charge on any atom is -0.369 e. The van der Waals surface area contributed by atoms with Gasteiger partial charge in [-0.05, 0) is 23.6 Å². The summed E-state index contributed by atoms with van der Waals surface area (Å²) in [7, 11) is 0. The van der Waals surface area contributed by atoms with Crippen LogP contribution < -0.4 is 11.1 Å². The maximum atomic E-state index is 11.5. The fourth-order valence-electron chi connectivity index (χ4n) is 1.49. The Hall–Kier alpha value is -1.84.